The lowest BCUT2D eigenvalue weighted by Crippen LogP contribution is -2.41. The van der Waals surface area contributed by atoms with E-state index >= 15 is 0 Å². The Balaban J connectivity index is 0.00000420. The van der Waals surface area contributed by atoms with Crippen molar-refractivity contribution in [2.75, 3.05) is 26.7 Å². The number of halogens is 3. The summed E-state index contributed by atoms with van der Waals surface area (Å²) in [7, 11) is 1.54. The normalized spacial score (nSPS) is 10.7. The molecule has 9 heteroatoms. The summed E-state index contributed by atoms with van der Waals surface area (Å²) in [5.74, 6) is -0.181. The van der Waals surface area contributed by atoms with E-state index in [-0.39, 0.29) is 42.0 Å². The van der Waals surface area contributed by atoms with Gasteiger partial charge in [-0.1, -0.05) is 6.07 Å². The summed E-state index contributed by atoms with van der Waals surface area (Å²) in [5.41, 5.74) is 0.671. The van der Waals surface area contributed by atoms with E-state index in [2.05, 4.69) is 20.9 Å². The van der Waals surface area contributed by atoms with Crippen LogP contribution >= 0.6 is 24.0 Å². The number of ether oxygens (including phenoxy) is 1. The van der Waals surface area contributed by atoms with Crippen molar-refractivity contribution in [2.45, 2.75) is 13.5 Å². The Morgan fingerprint density at radius 3 is 2.55 bits per heavy atom. The molecule has 0 saturated heterocycles. The van der Waals surface area contributed by atoms with Crippen molar-refractivity contribution in [3.63, 3.8) is 0 Å². The van der Waals surface area contributed by atoms with E-state index in [4.69, 9.17) is 4.74 Å². The maximum atomic E-state index is 13.7. The van der Waals surface area contributed by atoms with E-state index in [9.17, 15) is 13.6 Å². The number of carbonyl (C=O) groups excluding carboxylic acids is 1. The molecule has 3 N–H and O–H groups in total. The molecule has 0 atom stereocenters. The van der Waals surface area contributed by atoms with Crippen LogP contribution in [-0.2, 0) is 6.54 Å². The number of amides is 1. The van der Waals surface area contributed by atoms with Gasteiger partial charge in [-0.3, -0.25) is 4.79 Å². The van der Waals surface area contributed by atoms with Crippen LogP contribution in [0.2, 0.25) is 0 Å². The standard InChI is InChI=1S/C20H24F2N4O2.HI/c1-3-23-20(26-13-15-11-16(21)7-8-18(15)22)25-10-9-24-19(27)14-5-4-6-17(12-14)28-2;/h4-8,11-12H,3,9-10,13H2,1-2H3,(H,24,27)(H2,23,25,26);1H. The number of aliphatic imine (C=N–C) groups is 1. The average molecular weight is 518 g/mol. The van der Waals surface area contributed by atoms with Crippen molar-refractivity contribution < 1.29 is 18.3 Å². The van der Waals surface area contributed by atoms with E-state index in [0.717, 1.165) is 18.2 Å². The number of nitrogens with zero attached hydrogens (tertiary/aromatic N) is 1. The molecule has 0 spiro atoms. The third-order valence-electron chi connectivity index (χ3n) is 3.79. The zero-order valence-corrected chi connectivity index (χ0v) is 18.6. The maximum absolute atomic E-state index is 13.7. The lowest BCUT2D eigenvalue weighted by molar-refractivity contribution is 0.0954. The second-order valence-electron chi connectivity index (χ2n) is 5.85. The lowest BCUT2D eigenvalue weighted by Gasteiger charge is -2.12. The summed E-state index contributed by atoms with van der Waals surface area (Å²) in [4.78, 5) is 16.4. The van der Waals surface area contributed by atoms with Crippen LogP contribution in [0.3, 0.4) is 0 Å². The fraction of sp³-hybridized carbons (Fsp3) is 0.300. The molecular formula is C20H25F2IN4O2. The second kappa shape index (κ2) is 12.9. The number of methoxy groups -OCH3 is 1. The largest absolute Gasteiger partial charge is 0.497 e. The van der Waals surface area contributed by atoms with Gasteiger partial charge in [0.15, 0.2) is 5.96 Å². The summed E-state index contributed by atoms with van der Waals surface area (Å²) in [6.07, 6.45) is 0. The smallest absolute Gasteiger partial charge is 0.251 e. The predicted molar refractivity (Wildman–Crippen MR) is 120 cm³/mol. The second-order valence-corrected chi connectivity index (χ2v) is 5.85. The van der Waals surface area contributed by atoms with Crippen molar-refractivity contribution in [2.24, 2.45) is 4.99 Å². The van der Waals surface area contributed by atoms with Gasteiger partial charge in [-0.05, 0) is 43.3 Å². The Bertz CT molecular complexity index is 834. The van der Waals surface area contributed by atoms with Crippen LogP contribution in [0.15, 0.2) is 47.5 Å². The molecule has 0 unspecified atom stereocenters. The number of carbonyl (C=O) groups is 1. The Morgan fingerprint density at radius 2 is 1.83 bits per heavy atom. The van der Waals surface area contributed by atoms with Gasteiger partial charge in [0.1, 0.15) is 17.4 Å². The van der Waals surface area contributed by atoms with Gasteiger partial charge in [-0.2, -0.15) is 0 Å². The summed E-state index contributed by atoms with van der Waals surface area (Å²) >= 11 is 0. The Kier molecular flexibility index (Phi) is 11.0. The summed E-state index contributed by atoms with van der Waals surface area (Å²) in [6, 6.07) is 10.1. The van der Waals surface area contributed by atoms with Gasteiger partial charge < -0.3 is 20.7 Å². The molecule has 2 rings (SSSR count). The minimum atomic E-state index is -0.509. The fourth-order valence-corrected chi connectivity index (χ4v) is 2.39. The van der Waals surface area contributed by atoms with Crippen LogP contribution in [0.1, 0.15) is 22.8 Å². The number of guanidine groups is 1. The highest BCUT2D eigenvalue weighted by atomic mass is 127. The molecule has 0 heterocycles. The summed E-state index contributed by atoms with van der Waals surface area (Å²) in [6.45, 7) is 3.26. The number of hydrogen-bond acceptors (Lipinski definition) is 3. The maximum Gasteiger partial charge on any atom is 0.251 e. The van der Waals surface area contributed by atoms with E-state index in [1.54, 1.807) is 24.3 Å². The van der Waals surface area contributed by atoms with Crippen LogP contribution < -0.4 is 20.7 Å². The molecule has 158 valence electrons. The van der Waals surface area contributed by atoms with E-state index in [1.165, 1.54) is 7.11 Å². The van der Waals surface area contributed by atoms with Crippen LogP contribution in [0, 0.1) is 11.6 Å². The topological polar surface area (TPSA) is 74.8 Å². The lowest BCUT2D eigenvalue weighted by atomic mass is 10.2. The quantitative estimate of drug-likeness (QED) is 0.218. The highest BCUT2D eigenvalue weighted by Crippen LogP contribution is 2.12. The first-order chi connectivity index (χ1) is 13.5. The minimum absolute atomic E-state index is 0. The van der Waals surface area contributed by atoms with Crippen molar-refractivity contribution >= 4 is 35.8 Å². The molecule has 6 nitrogen and oxygen atoms in total. The summed E-state index contributed by atoms with van der Waals surface area (Å²) in [5, 5.41) is 8.84. The molecule has 0 bridgehead atoms. The van der Waals surface area contributed by atoms with Crippen LogP contribution in [0.25, 0.3) is 0 Å². The third kappa shape index (κ3) is 8.22. The molecule has 2 aromatic rings. The van der Waals surface area contributed by atoms with Crippen molar-refractivity contribution in [3.8, 4) is 5.75 Å². The first-order valence-electron chi connectivity index (χ1n) is 8.92. The fourth-order valence-electron chi connectivity index (χ4n) is 2.39. The molecule has 0 aliphatic rings. The Labute approximate surface area is 186 Å². The van der Waals surface area contributed by atoms with Crippen LogP contribution in [0.4, 0.5) is 8.78 Å². The van der Waals surface area contributed by atoms with E-state index in [0.29, 0.717) is 36.9 Å². The molecule has 2 aromatic carbocycles. The van der Waals surface area contributed by atoms with Gasteiger partial charge >= 0.3 is 0 Å². The molecule has 0 aromatic heterocycles. The molecule has 0 aliphatic heterocycles. The molecule has 1 amide bonds. The van der Waals surface area contributed by atoms with Crippen LogP contribution in [-0.4, -0.2) is 38.6 Å². The first-order valence-corrected chi connectivity index (χ1v) is 8.92. The SMILES string of the molecule is CCNC(=NCc1cc(F)ccc1F)NCCNC(=O)c1cccc(OC)c1.I. The Hall–Kier alpha value is -2.43. The molecule has 0 fully saturated rings. The van der Waals surface area contributed by atoms with Crippen molar-refractivity contribution in [3.05, 3.63) is 65.2 Å². The first kappa shape index (κ1) is 24.6. The Morgan fingerprint density at radius 1 is 1.07 bits per heavy atom. The monoisotopic (exact) mass is 518 g/mol. The molecule has 0 saturated carbocycles. The highest BCUT2D eigenvalue weighted by molar-refractivity contribution is 14.0. The zero-order chi connectivity index (χ0) is 20.4. The van der Waals surface area contributed by atoms with Gasteiger partial charge in [0.05, 0.1) is 13.7 Å². The van der Waals surface area contributed by atoms with Crippen molar-refractivity contribution in [1.29, 1.82) is 0 Å². The average Bonchev–Trinajstić information content (AvgIpc) is 2.71. The third-order valence-corrected chi connectivity index (χ3v) is 3.79. The van der Waals surface area contributed by atoms with Crippen molar-refractivity contribution in [1.82, 2.24) is 16.0 Å². The summed E-state index contributed by atoms with van der Waals surface area (Å²) < 4.78 is 32.0. The number of benzene rings is 2. The number of nitrogens with one attached hydrogen (secondary N) is 3. The molecular weight excluding hydrogens is 493 g/mol. The van der Waals surface area contributed by atoms with E-state index < -0.39 is 11.6 Å². The molecule has 0 radical (unpaired) electrons. The molecule has 29 heavy (non-hydrogen) atoms. The zero-order valence-electron chi connectivity index (χ0n) is 16.3. The van der Waals surface area contributed by atoms with Gasteiger partial charge in [-0.25, -0.2) is 13.8 Å². The number of hydrogen-bond donors (Lipinski definition) is 3. The van der Waals surface area contributed by atoms with Gasteiger partial charge in [0.25, 0.3) is 5.91 Å². The minimum Gasteiger partial charge on any atom is -0.497 e. The highest BCUT2D eigenvalue weighted by Gasteiger charge is 2.07. The van der Waals surface area contributed by atoms with Gasteiger partial charge in [-0.15, -0.1) is 24.0 Å². The number of rotatable bonds is 8. The van der Waals surface area contributed by atoms with Crippen LogP contribution in [0.5, 0.6) is 5.75 Å². The van der Waals surface area contributed by atoms with Gasteiger partial charge in [0, 0.05) is 30.8 Å². The molecule has 0 aliphatic carbocycles. The predicted octanol–water partition coefficient (Wildman–Crippen LogP) is 3.08. The van der Waals surface area contributed by atoms with E-state index in [1.807, 2.05) is 6.92 Å². The van der Waals surface area contributed by atoms with Gasteiger partial charge in [0.2, 0.25) is 0 Å².